The molecule has 11 nitrogen and oxygen atoms in total. The molecule has 5 heterocycles. The van der Waals surface area contributed by atoms with Gasteiger partial charge in [-0.2, -0.15) is 9.29 Å². The summed E-state index contributed by atoms with van der Waals surface area (Å²) in [6, 6.07) is 0.242. The normalized spacial score (nSPS) is 23.8. The van der Waals surface area contributed by atoms with Crippen LogP contribution in [0.15, 0.2) is 12.4 Å². The molecule has 2 aromatic heterocycles. The van der Waals surface area contributed by atoms with Crippen molar-refractivity contribution < 1.29 is 13.2 Å². The average Bonchev–Trinajstić information content (AvgIpc) is 3.47. The Balaban J connectivity index is 1.54. The Morgan fingerprint density at radius 2 is 1.94 bits per heavy atom. The third kappa shape index (κ3) is 4.11. The van der Waals surface area contributed by atoms with Crippen LogP contribution in [0.4, 0.5) is 17.7 Å². The minimum Gasteiger partial charge on any atom is -0.377 e. The molecule has 2 saturated heterocycles. The molecule has 0 bridgehead atoms. The van der Waals surface area contributed by atoms with Gasteiger partial charge < -0.3 is 20.3 Å². The number of fused-ring (bicyclic) bond motifs is 1. The smallest absolute Gasteiger partial charge is 0.228 e. The lowest BCUT2D eigenvalue weighted by molar-refractivity contribution is 0.0981. The number of ether oxygens (including phenoxy) is 1. The number of aromatic nitrogens is 4. The van der Waals surface area contributed by atoms with Gasteiger partial charge in [0.25, 0.3) is 0 Å². The number of rotatable bonds is 5. The number of morpholine rings is 1. The van der Waals surface area contributed by atoms with E-state index in [0.717, 1.165) is 42.0 Å². The topological polar surface area (TPSA) is 131 Å². The monoisotopic (exact) mass is 474 g/mol. The standard InChI is InChI=1S/C21H30N8O3S/c1-3-33(30,31)27-6-4-16(12-27)29-7-5-17-18(15-10-23-20(22)24-11-15)25-21(26-19(17)29)28-8-9-32-13-14(28)2/h10-11,14,16H,3-9,12-13H2,1-2H3,(H2,22,23,24). The summed E-state index contributed by atoms with van der Waals surface area (Å²) in [7, 11) is -3.20. The summed E-state index contributed by atoms with van der Waals surface area (Å²) in [6.07, 6.45) is 4.97. The van der Waals surface area contributed by atoms with Gasteiger partial charge in [-0.3, -0.25) is 0 Å². The molecule has 2 aromatic rings. The van der Waals surface area contributed by atoms with Gasteiger partial charge in [0, 0.05) is 55.7 Å². The molecule has 3 aliphatic heterocycles. The highest BCUT2D eigenvalue weighted by atomic mass is 32.2. The fraction of sp³-hybridized carbons (Fsp3) is 0.619. The average molecular weight is 475 g/mol. The quantitative estimate of drug-likeness (QED) is 0.654. The second kappa shape index (κ2) is 8.65. The van der Waals surface area contributed by atoms with Gasteiger partial charge in [-0.15, -0.1) is 0 Å². The van der Waals surface area contributed by atoms with Crippen LogP contribution < -0.4 is 15.5 Å². The molecule has 33 heavy (non-hydrogen) atoms. The maximum absolute atomic E-state index is 12.4. The Bertz CT molecular complexity index is 1130. The molecule has 5 rings (SSSR count). The van der Waals surface area contributed by atoms with Crippen molar-refractivity contribution in [1.29, 1.82) is 0 Å². The highest BCUT2D eigenvalue weighted by Gasteiger charge is 2.38. The number of sulfonamides is 1. The number of anilines is 3. The van der Waals surface area contributed by atoms with E-state index in [0.29, 0.717) is 38.8 Å². The third-order valence-electron chi connectivity index (χ3n) is 6.74. The van der Waals surface area contributed by atoms with Crippen molar-refractivity contribution in [3.63, 3.8) is 0 Å². The number of hydrogen-bond donors (Lipinski definition) is 1. The van der Waals surface area contributed by atoms with Crippen molar-refractivity contribution in [2.45, 2.75) is 38.8 Å². The highest BCUT2D eigenvalue weighted by molar-refractivity contribution is 7.89. The van der Waals surface area contributed by atoms with Crippen molar-refractivity contribution in [2.24, 2.45) is 0 Å². The first-order chi connectivity index (χ1) is 15.9. The number of hydrogen-bond acceptors (Lipinski definition) is 10. The molecule has 0 aromatic carbocycles. The minimum absolute atomic E-state index is 0.0907. The zero-order chi connectivity index (χ0) is 23.2. The molecular formula is C21H30N8O3S. The lowest BCUT2D eigenvalue weighted by atomic mass is 10.1. The van der Waals surface area contributed by atoms with Crippen molar-refractivity contribution in [1.82, 2.24) is 24.2 Å². The first-order valence-corrected chi connectivity index (χ1v) is 13.1. The van der Waals surface area contributed by atoms with E-state index in [1.807, 2.05) is 0 Å². The Morgan fingerprint density at radius 1 is 1.15 bits per heavy atom. The van der Waals surface area contributed by atoms with Crippen LogP contribution in [-0.2, 0) is 21.2 Å². The van der Waals surface area contributed by atoms with Crippen LogP contribution in [0.3, 0.4) is 0 Å². The van der Waals surface area contributed by atoms with Crippen LogP contribution in [-0.4, -0.2) is 89.9 Å². The van der Waals surface area contributed by atoms with Crippen molar-refractivity contribution >= 4 is 27.7 Å². The van der Waals surface area contributed by atoms with Gasteiger partial charge in [0.2, 0.25) is 21.9 Å². The van der Waals surface area contributed by atoms with E-state index in [2.05, 4.69) is 26.7 Å². The predicted molar refractivity (Wildman–Crippen MR) is 126 cm³/mol. The first kappa shape index (κ1) is 22.2. The largest absolute Gasteiger partial charge is 0.377 e. The summed E-state index contributed by atoms with van der Waals surface area (Å²) in [6.45, 7) is 7.57. The molecule has 0 aliphatic carbocycles. The summed E-state index contributed by atoms with van der Waals surface area (Å²) in [5, 5.41) is 0. The summed E-state index contributed by atoms with van der Waals surface area (Å²) >= 11 is 0. The van der Waals surface area contributed by atoms with Crippen molar-refractivity contribution in [3.05, 3.63) is 18.0 Å². The van der Waals surface area contributed by atoms with Crippen LogP contribution in [0.1, 0.15) is 25.8 Å². The molecule has 2 unspecified atom stereocenters. The van der Waals surface area contributed by atoms with Gasteiger partial charge in [0.1, 0.15) is 5.82 Å². The third-order valence-corrected chi connectivity index (χ3v) is 8.59. The Labute approximate surface area is 194 Å². The van der Waals surface area contributed by atoms with Gasteiger partial charge in [0.15, 0.2) is 0 Å². The molecule has 0 amide bonds. The summed E-state index contributed by atoms with van der Waals surface area (Å²) in [5.74, 6) is 1.88. The molecular weight excluding hydrogens is 444 g/mol. The maximum atomic E-state index is 12.4. The molecule has 178 valence electrons. The molecule has 3 aliphatic rings. The second-order valence-electron chi connectivity index (χ2n) is 8.77. The SMILES string of the molecule is CCS(=O)(=O)N1CCC(N2CCc3c(-c4cnc(N)nc4)nc(N4CCOCC4C)nc32)C1. The first-order valence-electron chi connectivity index (χ1n) is 11.4. The fourth-order valence-electron chi connectivity index (χ4n) is 4.87. The Kier molecular flexibility index (Phi) is 5.83. The van der Waals surface area contributed by atoms with Gasteiger partial charge >= 0.3 is 0 Å². The molecule has 12 heteroatoms. The minimum atomic E-state index is -3.20. The number of nitrogen functional groups attached to an aromatic ring is 1. The Hall–Kier alpha value is -2.57. The molecule has 2 fully saturated rings. The zero-order valence-electron chi connectivity index (χ0n) is 19.0. The Morgan fingerprint density at radius 3 is 2.67 bits per heavy atom. The van der Waals surface area contributed by atoms with Gasteiger partial charge in [-0.05, 0) is 26.7 Å². The highest BCUT2D eigenvalue weighted by Crippen LogP contribution is 2.38. The van der Waals surface area contributed by atoms with E-state index in [1.54, 1.807) is 23.6 Å². The van der Waals surface area contributed by atoms with E-state index in [1.165, 1.54) is 0 Å². The number of nitrogens with zero attached hydrogens (tertiary/aromatic N) is 7. The van der Waals surface area contributed by atoms with E-state index < -0.39 is 10.0 Å². The van der Waals surface area contributed by atoms with E-state index in [-0.39, 0.29) is 23.8 Å². The molecule has 2 atom stereocenters. The summed E-state index contributed by atoms with van der Waals surface area (Å²) in [4.78, 5) is 22.7. The van der Waals surface area contributed by atoms with Gasteiger partial charge in [-0.1, -0.05) is 0 Å². The molecule has 0 saturated carbocycles. The molecule has 2 N–H and O–H groups in total. The van der Waals surface area contributed by atoms with E-state index in [9.17, 15) is 8.42 Å². The van der Waals surface area contributed by atoms with Crippen LogP contribution >= 0.6 is 0 Å². The van der Waals surface area contributed by atoms with E-state index >= 15 is 0 Å². The maximum Gasteiger partial charge on any atom is 0.228 e. The van der Waals surface area contributed by atoms with Crippen LogP contribution in [0.25, 0.3) is 11.3 Å². The van der Waals surface area contributed by atoms with Crippen molar-refractivity contribution in [3.8, 4) is 11.3 Å². The van der Waals surface area contributed by atoms with Crippen molar-refractivity contribution in [2.75, 3.05) is 60.7 Å². The fourth-order valence-corrected chi connectivity index (χ4v) is 6.02. The summed E-state index contributed by atoms with van der Waals surface area (Å²) < 4.78 is 32.0. The molecule has 0 spiro atoms. The van der Waals surface area contributed by atoms with Gasteiger partial charge in [-0.25, -0.2) is 23.4 Å². The van der Waals surface area contributed by atoms with Crippen LogP contribution in [0, 0.1) is 0 Å². The zero-order valence-corrected chi connectivity index (χ0v) is 19.8. The molecule has 0 radical (unpaired) electrons. The summed E-state index contributed by atoms with van der Waals surface area (Å²) in [5.41, 5.74) is 8.37. The second-order valence-corrected chi connectivity index (χ2v) is 11.0. The van der Waals surface area contributed by atoms with Crippen LogP contribution in [0.2, 0.25) is 0 Å². The van der Waals surface area contributed by atoms with Crippen LogP contribution in [0.5, 0.6) is 0 Å². The van der Waals surface area contributed by atoms with E-state index in [4.69, 9.17) is 20.4 Å². The lowest BCUT2D eigenvalue weighted by Gasteiger charge is -2.34. The number of nitrogens with two attached hydrogens (primary N) is 1. The van der Waals surface area contributed by atoms with Gasteiger partial charge in [0.05, 0.1) is 30.7 Å². The predicted octanol–water partition coefficient (Wildman–Crippen LogP) is 0.527. The lowest BCUT2D eigenvalue weighted by Crippen LogP contribution is -2.45.